The molecule has 0 spiro atoms. The summed E-state index contributed by atoms with van der Waals surface area (Å²) in [4.78, 5) is 29.6. The van der Waals surface area contributed by atoms with Crippen molar-refractivity contribution in [3.05, 3.63) is 59.7 Å². The molecule has 1 fully saturated rings. The van der Waals surface area contributed by atoms with Crippen LogP contribution in [0.4, 0.5) is 0 Å². The van der Waals surface area contributed by atoms with Gasteiger partial charge in [-0.3, -0.25) is 14.5 Å². The molecular formula is C26H35N3O4. The lowest BCUT2D eigenvalue weighted by molar-refractivity contribution is -0.123. The summed E-state index contributed by atoms with van der Waals surface area (Å²) in [6.07, 6.45) is 2.73. The normalized spacial score (nSPS) is 14.2. The second-order valence-corrected chi connectivity index (χ2v) is 8.33. The van der Waals surface area contributed by atoms with Gasteiger partial charge in [0.2, 0.25) is 5.91 Å². The first-order valence-electron chi connectivity index (χ1n) is 11.6. The molecule has 0 aliphatic carbocycles. The zero-order valence-electron chi connectivity index (χ0n) is 19.9. The summed E-state index contributed by atoms with van der Waals surface area (Å²) < 4.78 is 10.6. The molecule has 3 rings (SSSR count). The minimum Gasteiger partial charge on any atom is -0.493 e. The summed E-state index contributed by atoms with van der Waals surface area (Å²) in [5.41, 5.74) is 1.69. The third kappa shape index (κ3) is 6.71. The van der Waals surface area contributed by atoms with Gasteiger partial charge in [-0.05, 0) is 55.6 Å². The van der Waals surface area contributed by atoms with Gasteiger partial charge in [0.25, 0.3) is 5.91 Å². The molecule has 1 aliphatic heterocycles. The zero-order valence-corrected chi connectivity index (χ0v) is 19.9. The molecule has 0 unspecified atom stereocenters. The highest BCUT2D eigenvalue weighted by Crippen LogP contribution is 2.27. The number of carbonyl (C=O) groups is 2. The number of hydrogen-bond donors (Lipinski definition) is 1. The van der Waals surface area contributed by atoms with E-state index in [0.717, 1.165) is 36.9 Å². The van der Waals surface area contributed by atoms with E-state index in [1.165, 1.54) is 0 Å². The van der Waals surface area contributed by atoms with Crippen molar-refractivity contribution in [3.8, 4) is 11.5 Å². The molecule has 33 heavy (non-hydrogen) atoms. The molecule has 7 nitrogen and oxygen atoms in total. The van der Waals surface area contributed by atoms with Gasteiger partial charge in [-0.15, -0.1) is 0 Å². The molecule has 0 bridgehead atoms. The third-order valence-corrected chi connectivity index (χ3v) is 6.08. The Kier molecular flexibility index (Phi) is 9.13. The quantitative estimate of drug-likeness (QED) is 0.598. The van der Waals surface area contributed by atoms with Crippen LogP contribution in [0.2, 0.25) is 0 Å². The van der Waals surface area contributed by atoms with E-state index in [2.05, 4.69) is 17.1 Å². The molecule has 1 heterocycles. The van der Waals surface area contributed by atoms with Crippen molar-refractivity contribution in [2.24, 2.45) is 0 Å². The number of piperidine rings is 1. The van der Waals surface area contributed by atoms with Gasteiger partial charge < -0.3 is 19.7 Å². The van der Waals surface area contributed by atoms with Crippen LogP contribution in [-0.2, 0) is 11.3 Å². The first-order valence-corrected chi connectivity index (χ1v) is 11.6. The fraction of sp³-hybridized carbons (Fsp3) is 0.462. The van der Waals surface area contributed by atoms with Crippen molar-refractivity contribution in [1.29, 1.82) is 0 Å². The van der Waals surface area contributed by atoms with Gasteiger partial charge in [0, 0.05) is 31.2 Å². The number of rotatable bonds is 10. The van der Waals surface area contributed by atoms with Crippen LogP contribution in [0, 0.1) is 0 Å². The maximum absolute atomic E-state index is 12.7. The highest BCUT2D eigenvalue weighted by molar-refractivity contribution is 5.94. The fourth-order valence-corrected chi connectivity index (χ4v) is 4.31. The Morgan fingerprint density at radius 3 is 2.36 bits per heavy atom. The monoisotopic (exact) mass is 453 g/mol. The zero-order chi connectivity index (χ0) is 23.6. The van der Waals surface area contributed by atoms with Crippen LogP contribution in [0.5, 0.6) is 11.5 Å². The Bertz CT molecular complexity index is 911. The van der Waals surface area contributed by atoms with E-state index < -0.39 is 0 Å². The van der Waals surface area contributed by atoms with Crippen LogP contribution in [0.1, 0.15) is 42.1 Å². The SMILES string of the molecule is CCCN(CC(=O)NCc1ccc(OC)c(OC)c1)C1CCN(C(=O)c2ccccc2)CC1. The van der Waals surface area contributed by atoms with E-state index in [-0.39, 0.29) is 11.8 Å². The average Bonchev–Trinajstić information content (AvgIpc) is 2.87. The number of nitrogens with zero attached hydrogens (tertiary/aromatic N) is 2. The molecular weight excluding hydrogens is 418 g/mol. The maximum atomic E-state index is 12.7. The molecule has 2 aromatic carbocycles. The summed E-state index contributed by atoms with van der Waals surface area (Å²) in [7, 11) is 3.20. The molecule has 7 heteroatoms. The molecule has 1 saturated heterocycles. The predicted molar refractivity (Wildman–Crippen MR) is 129 cm³/mol. The van der Waals surface area contributed by atoms with Gasteiger partial charge in [-0.1, -0.05) is 31.2 Å². The summed E-state index contributed by atoms with van der Waals surface area (Å²) >= 11 is 0. The number of carbonyl (C=O) groups excluding carboxylic acids is 2. The number of likely N-dealkylation sites (tertiary alicyclic amines) is 1. The second-order valence-electron chi connectivity index (χ2n) is 8.33. The number of ether oxygens (including phenoxy) is 2. The van der Waals surface area contributed by atoms with E-state index in [0.29, 0.717) is 43.7 Å². The molecule has 2 amide bonds. The largest absolute Gasteiger partial charge is 0.493 e. The highest BCUT2D eigenvalue weighted by Gasteiger charge is 2.28. The molecule has 0 radical (unpaired) electrons. The van der Waals surface area contributed by atoms with Gasteiger partial charge in [-0.25, -0.2) is 0 Å². The van der Waals surface area contributed by atoms with Crippen molar-refractivity contribution in [2.45, 2.75) is 38.8 Å². The van der Waals surface area contributed by atoms with Crippen molar-refractivity contribution in [3.63, 3.8) is 0 Å². The first-order chi connectivity index (χ1) is 16.0. The summed E-state index contributed by atoms with van der Waals surface area (Å²) in [6.45, 7) is 5.21. The van der Waals surface area contributed by atoms with Crippen LogP contribution in [0.3, 0.4) is 0 Å². The number of benzene rings is 2. The molecule has 178 valence electrons. The average molecular weight is 454 g/mol. The van der Waals surface area contributed by atoms with Gasteiger partial charge in [-0.2, -0.15) is 0 Å². The molecule has 0 aromatic heterocycles. The molecule has 0 saturated carbocycles. The van der Waals surface area contributed by atoms with Gasteiger partial charge in [0.15, 0.2) is 11.5 Å². The predicted octanol–water partition coefficient (Wildman–Crippen LogP) is 3.34. The van der Waals surface area contributed by atoms with E-state index >= 15 is 0 Å². The van der Waals surface area contributed by atoms with Crippen LogP contribution < -0.4 is 14.8 Å². The van der Waals surface area contributed by atoms with Crippen molar-refractivity contribution < 1.29 is 19.1 Å². The molecule has 0 atom stereocenters. The van der Waals surface area contributed by atoms with Crippen LogP contribution >= 0.6 is 0 Å². The highest BCUT2D eigenvalue weighted by atomic mass is 16.5. The number of amides is 2. The summed E-state index contributed by atoms with van der Waals surface area (Å²) in [6, 6.07) is 15.4. The summed E-state index contributed by atoms with van der Waals surface area (Å²) in [5, 5.41) is 3.02. The number of methoxy groups -OCH3 is 2. The smallest absolute Gasteiger partial charge is 0.253 e. The Hall–Kier alpha value is -3.06. The standard InChI is InChI=1S/C26H35N3O4/c1-4-14-29(19-25(30)27-18-20-10-11-23(32-2)24(17-20)33-3)22-12-15-28(16-13-22)26(31)21-8-6-5-7-9-21/h5-11,17,22H,4,12-16,18-19H2,1-3H3,(H,27,30). The third-order valence-electron chi connectivity index (χ3n) is 6.08. The molecule has 1 N–H and O–H groups in total. The van der Waals surface area contributed by atoms with Crippen molar-refractivity contribution in [2.75, 3.05) is 40.4 Å². The van der Waals surface area contributed by atoms with Crippen molar-refractivity contribution >= 4 is 11.8 Å². The van der Waals surface area contributed by atoms with Crippen LogP contribution in [0.25, 0.3) is 0 Å². The number of hydrogen-bond acceptors (Lipinski definition) is 5. The van der Waals surface area contributed by atoms with Gasteiger partial charge in [0.1, 0.15) is 0 Å². The first kappa shape index (κ1) is 24.6. The molecule has 1 aliphatic rings. The van der Waals surface area contributed by atoms with Gasteiger partial charge in [0.05, 0.1) is 20.8 Å². The van der Waals surface area contributed by atoms with E-state index in [1.807, 2.05) is 53.4 Å². The Labute approximate surface area is 196 Å². The lowest BCUT2D eigenvalue weighted by Crippen LogP contribution is -2.49. The lowest BCUT2D eigenvalue weighted by atomic mass is 10.0. The molecule has 2 aromatic rings. The Balaban J connectivity index is 1.51. The van der Waals surface area contributed by atoms with E-state index in [4.69, 9.17) is 9.47 Å². The minimum atomic E-state index is 0.000950. The Morgan fingerprint density at radius 2 is 1.73 bits per heavy atom. The fourth-order valence-electron chi connectivity index (χ4n) is 4.31. The maximum Gasteiger partial charge on any atom is 0.253 e. The van der Waals surface area contributed by atoms with Gasteiger partial charge >= 0.3 is 0 Å². The summed E-state index contributed by atoms with van der Waals surface area (Å²) in [5.74, 6) is 1.40. The minimum absolute atomic E-state index is 0.000950. The van der Waals surface area contributed by atoms with E-state index in [1.54, 1.807) is 14.2 Å². The lowest BCUT2D eigenvalue weighted by Gasteiger charge is -2.38. The Morgan fingerprint density at radius 1 is 1.03 bits per heavy atom. The topological polar surface area (TPSA) is 71.1 Å². The van der Waals surface area contributed by atoms with Crippen LogP contribution in [-0.4, -0.2) is 68.1 Å². The van der Waals surface area contributed by atoms with Crippen LogP contribution in [0.15, 0.2) is 48.5 Å². The second kappa shape index (κ2) is 12.3. The number of nitrogens with one attached hydrogen (secondary N) is 1. The van der Waals surface area contributed by atoms with Crippen molar-refractivity contribution in [1.82, 2.24) is 15.1 Å². The van der Waals surface area contributed by atoms with E-state index in [9.17, 15) is 9.59 Å².